The third-order valence-corrected chi connectivity index (χ3v) is 7.78. The van der Waals surface area contributed by atoms with Gasteiger partial charge < -0.3 is 4.90 Å². The molecule has 1 amide bonds. The van der Waals surface area contributed by atoms with E-state index in [0.717, 1.165) is 36.6 Å². The van der Waals surface area contributed by atoms with Gasteiger partial charge in [-0.1, -0.05) is 37.0 Å². The summed E-state index contributed by atoms with van der Waals surface area (Å²) in [6.45, 7) is 7.62. The molecule has 2 aromatic rings. The maximum atomic E-state index is 13.5. The van der Waals surface area contributed by atoms with Gasteiger partial charge >= 0.3 is 0 Å². The van der Waals surface area contributed by atoms with Gasteiger partial charge in [0.2, 0.25) is 0 Å². The van der Waals surface area contributed by atoms with Crippen LogP contribution in [0.3, 0.4) is 0 Å². The number of rotatable bonds is 4. The third-order valence-electron chi connectivity index (χ3n) is 5.51. The molecule has 0 spiro atoms. The second kappa shape index (κ2) is 8.72. The van der Waals surface area contributed by atoms with Crippen LogP contribution < -0.4 is 10.5 Å². The van der Waals surface area contributed by atoms with Gasteiger partial charge in [-0.2, -0.15) is 11.8 Å². The number of hydrogen-bond acceptors (Lipinski definition) is 7. The Hall–Kier alpha value is -1.84. The monoisotopic (exact) mass is 460 g/mol. The molecule has 4 heterocycles. The first-order valence-electron chi connectivity index (χ1n) is 10.0. The fourth-order valence-corrected chi connectivity index (χ4v) is 5.96. The van der Waals surface area contributed by atoms with Crippen LogP contribution in [0.1, 0.15) is 31.4 Å². The molecule has 2 aromatic heterocycles. The van der Waals surface area contributed by atoms with E-state index in [1.165, 1.54) is 11.8 Å². The predicted octanol–water partition coefficient (Wildman–Crippen LogP) is 3.56. The molecule has 2 aliphatic heterocycles. The zero-order chi connectivity index (χ0) is 21.4. The fraction of sp³-hybridized carbons (Fsp3) is 0.429. The van der Waals surface area contributed by atoms with Crippen molar-refractivity contribution in [1.29, 1.82) is 0 Å². The van der Waals surface area contributed by atoms with Gasteiger partial charge in [0, 0.05) is 36.8 Å². The SMILES string of the molecule is CC[C@@H](C)N1C(=O)/C(=C\c2c(N3CCSCC3)nc3c(C)cccn3c2=O)SC1=S. The van der Waals surface area contributed by atoms with E-state index in [1.807, 2.05) is 44.7 Å². The molecule has 0 aliphatic carbocycles. The van der Waals surface area contributed by atoms with Gasteiger partial charge in [-0.3, -0.25) is 18.9 Å². The Bertz CT molecular complexity index is 1110. The topological polar surface area (TPSA) is 57.9 Å². The molecule has 2 aliphatic rings. The highest BCUT2D eigenvalue weighted by Gasteiger charge is 2.35. The number of fused-ring (bicyclic) bond motifs is 1. The fourth-order valence-electron chi connectivity index (χ4n) is 3.62. The standard InChI is InChI=1S/C21H24N4O2S3/c1-4-14(3)25-20(27)16(30-21(25)28)12-15-18(23-8-10-29-11-9-23)22-17-13(2)6-5-7-24(17)19(15)26/h5-7,12,14H,4,8-11H2,1-3H3/b16-12+/t14-/m1/s1. The van der Waals surface area contributed by atoms with E-state index in [1.54, 1.807) is 21.6 Å². The molecule has 4 rings (SSSR count). The van der Waals surface area contributed by atoms with E-state index < -0.39 is 0 Å². The normalized spacial score (nSPS) is 19.9. The van der Waals surface area contributed by atoms with E-state index in [4.69, 9.17) is 17.2 Å². The molecule has 2 saturated heterocycles. The summed E-state index contributed by atoms with van der Waals surface area (Å²) in [5.74, 6) is 2.51. The predicted molar refractivity (Wildman–Crippen MR) is 131 cm³/mol. The van der Waals surface area contributed by atoms with Gasteiger partial charge in [0.15, 0.2) is 0 Å². The number of aromatic nitrogens is 2. The van der Waals surface area contributed by atoms with Gasteiger partial charge in [-0.05, 0) is 38.0 Å². The van der Waals surface area contributed by atoms with Gasteiger partial charge in [0.25, 0.3) is 11.5 Å². The number of carbonyl (C=O) groups is 1. The largest absolute Gasteiger partial charge is 0.354 e. The Morgan fingerprint density at radius 1 is 1.30 bits per heavy atom. The molecule has 0 radical (unpaired) electrons. The maximum Gasteiger partial charge on any atom is 0.267 e. The number of thiocarbonyl (C=S) groups is 1. The molecule has 9 heteroatoms. The number of carbonyl (C=O) groups excluding carboxylic acids is 1. The van der Waals surface area contributed by atoms with Crippen LogP contribution in [-0.4, -0.2) is 55.1 Å². The van der Waals surface area contributed by atoms with E-state index in [2.05, 4.69) is 4.90 Å². The summed E-state index contributed by atoms with van der Waals surface area (Å²) in [5, 5.41) is 0. The summed E-state index contributed by atoms with van der Waals surface area (Å²) in [6, 6.07) is 3.82. The highest BCUT2D eigenvalue weighted by molar-refractivity contribution is 8.26. The minimum atomic E-state index is -0.161. The minimum absolute atomic E-state index is 0.0282. The molecule has 6 nitrogen and oxygen atoms in total. The van der Waals surface area contributed by atoms with E-state index in [0.29, 0.717) is 26.3 Å². The molecule has 0 saturated carbocycles. The minimum Gasteiger partial charge on any atom is -0.354 e. The van der Waals surface area contributed by atoms with Gasteiger partial charge in [-0.15, -0.1) is 0 Å². The number of nitrogens with zero attached hydrogens (tertiary/aromatic N) is 4. The summed E-state index contributed by atoms with van der Waals surface area (Å²) >= 11 is 8.62. The average molecular weight is 461 g/mol. The molecule has 158 valence electrons. The average Bonchev–Trinajstić information content (AvgIpc) is 3.03. The zero-order valence-electron chi connectivity index (χ0n) is 17.3. The Morgan fingerprint density at radius 3 is 2.73 bits per heavy atom. The lowest BCUT2D eigenvalue weighted by Crippen LogP contribution is -2.36. The molecular formula is C21H24N4O2S3. The summed E-state index contributed by atoms with van der Waals surface area (Å²) in [6.07, 6.45) is 4.24. The first-order valence-corrected chi connectivity index (χ1v) is 12.4. The van der Waals surface area contributed by atoms with Crippen LogP contribution in [0.25, 0.3) is 11.7 Å². The Balaban J connectivity index is 1.88. The first kappa shape index (κ1) is 21.4. The second-order valence-corrected chi connectivity index (χ2v) is 10.3. The molecule has 1 atom stereocenters. The van der Waals surface area contributed by atoms with Crippen molar-refractivity contribution < 1.29 is 4.79 Å². The lowest BCUT2D eigenvalue weighted by atomic mass is 10.2. The third kappa shape index (κ3) is 3.78. The summed E-state index contributed by atoms with van der Waals surface area (Å²) in [5.41, 5.74) is 1.89. The van der Waals surface area contributed by atoms with Crippen molar-refractivity contribution in [3.8, 4) is 0 Å². The van der Waals surface area contributed by atoms with Gasteiger partial charge in [-0.25, -0.2) is 4.98 Å². The van der Waals surface area contributed by atoms with Crippen molar-refractivity contribution >= 4 is 63.5 Å². The lowest BCUT2D eigenvalue weighted by molar-refractivity contribution is -0.123. The van der Waals surface area contributed by atoms with Crippen LogP contribution in [0.2, 0.25) is 0 Å². The highest BCUT2D eigenvalue weighted by Crippen LogP contribution is 2.35. The number of hydrogen-bond donors (Lipinski definition) is 0. The molecule has 30 heavy (non-hydrogen) atoms. The number of pyridine rings is 1. The first-order chi connectivity index (χ1) is 14.4. The van der Waals surface area contributed by atoms with Crippen LogP contribution in [0, 0.1) is 6.92 Å². The van der Waals surface area contributed by atoms with Crippen LogP contribution >= 0.6 is 35.7 Å². The summed E-state index contributed by atoms with van der Waals surface area (Å²) in [7, 11) is 0. The van der Waals surface area contributed by atoms with Gasteiger partial charge in [0.1, 0.15) is 15.8 Å². The zero-order valence-corrected chi connectivity index (χ0v) is 19.7. The molecule has 0 aromatic carbocycles. The number of aryl methyl sites for hydroxylation is 1. The Kier molecular flexibility index (Phi) is 6.22. The Morgan fingerprint density at radius 2 is 2.03 bits per heavy atom. The van der Waals surface area contributed by atoms with Crippen LogP contribution in [0.4, 0.5) is 5.82 Å². The Labute approximate surface area is 189 Å². The molecule has 0 bridgehead atoms. The maximum absolute atomic E-state index is 13.5. The van der Waals surface area contributed by atoms with Crippen LogP contribution in [0.15, 0.2) is 28.0 Å². The quantitative estimate of drug-likeness (QED) is 0.511. The van der Waals surface area contributed by atoms with Crippen molar-refractivity contribution in [2.45, 2.75) is 33.2 Å². The van der Waals surface area contributed by atoms with Crippen molar-refractivity contribution in [2.24, 2.45) is 0 Å². The van der Waals surface area contributed by atoms with Crippen LogP contribution in [0.5, 0.6) is 0 Å². The van der Waals surface area contributed by atoms with Gasteiger partial charge in [0.05, 0.1) is 10.5 Å². The van der Waals surface area contributed by atoms with Crippen molar-refractivity contribution in [3.63, 3.8) is 0 Å². The second-order valence-electron chi connectivity index (χ2n) is 7.45. The smallest absolute Gasteiger partial charge is 0.267 e. The van der Waals surface area contributed by atoms with Crippen molar-refractivity contribution in [2.75, 3.05) is 29.5 Å². The lowest BCUT2D eigenvalue weighted by Gasteiger charge is -2.29. The van der Waals surface area contributed by atoms with Crippen molar-refractivity contribution in [3.05, 3.63) is 44.7 Å². The highest BCUT2D eigenvalue weighted by atomic mass is 32.2. The summed E-state index contributed by atoms with van der Waals surface area (Å²) < 4.78 is 2.11. The van der Waals surface area contributed by atoms with E-state index in [9.17, 15) is 9.59 Å². The van der Waals surface area contributed by atoms with Crippen molar-refractivity contribution in [1.82, 2.24) is 14.3 Å². The van der Waals surface area contributed by atoms with E-state index >= 15 is 0 Å². The number of amides is 1. The van der Waals surface area contributed by atoms with E-state index in [-0.39, 0.29) is 17.5 Å². The number of anilines is 1. The molecule has 0 N–H and O–H groups in total. The molecular weight excluding hydrogens is 436 g/mol. The molecule has 0 unspecified atom stereocenters. The summed E-state index contributed by atoms with van der Waals surface area (Å²) in [4.78, 5) is 35.7. The molecule has 2 fully saturated rings. The van der Waals surface area contributed by atoms with Crippen LogP contribution in [-0.2, 0) is 4.79 Å². The number of thioether (sulfide) groups is 2.